The van der Waals surface area contributed by atoms with Crippen LogP contribution in [0.4, 0.5) is 23.7 Å². The predicted molar refractivity (Wildman–Crippen MR) is 114 cm³/mol. The Balaban J connectivity index is 1.36. The van der Waals surface area contributed by atoms with Crippen LogP contribution in [0.15, 0.2) is 59.5 Å². The molecule has 2 heterocycles. The van der Waals surface area contributed by atoms with Gasteiger partial charge in [-0.1, -0.05) is 12.1 Å². The van der Waals surface area contributed by atoms with E-state index in [9.17, 15) is 18.0 Å². The summed E-state index contributed by atoms with van der Waals surface area (Å²) >= 11 is 1.64. The number of halogens is 3. The lowest BCUT2D eigenvalue weighted by Gasteiger charge is -2.36. The second-order valence-electron chi connectivity index (χ2n) is 7.55. The highest BCUT2D eigenvalue weighted by molar-refractivity contribution is 7.98. The largest absolute Gasteiger partial charge is 0.416 e. The number of nitrogens with zero attached hydrogens (tertiary/aromatic N) is 1. The SMILES string of the molecule is CSc1ccc(NC(=O)N2CCC3(C=C(c4ccc(C(F)(F)F)cc4)NO3)CC2)cc1. The molecule has 5 nitrogen and oxygen atoms in total. The van der Waals surface area contributed by atoms with Crippen molar-refractivity contribution >= 4 is 29.2 Å². The molecule has 2 N–H and O–H groups in total. The Morgan fingerprint density at radius 2 is 1.74 bits per heavy atom. The van der Waals surface area contributed by atoms with Crippen molar-refractivity contribution in [1.82, 2.24) is 10.4 Å². The smallest absolute Gasteiger partial charge is 0.324 e. The number of hydrogen-bond donors (Lipinski definition) is 2. The highest BCUT2D eigenvalue weighted by Gasteiger charge is 2.40. The minimum atomic E-state index is -4.36. The number of benzene rings is 2. The van der Waals surface area contributed by atoms with Crippen LogP contribution >= 0.6 is 11.8 Å². The van der Waals surface area contributed by atoms with Crippen molar-refractivity contribution in [2.24, 2.45) is 0 Å². The van der Waals surface area contributed by atoms with E-state index in [1.807, 2.05) is 36.6 Å². The van der Waals surface area contributed by atoms with E-state index in [1.165, 1.54) is 12.1 Å². The van der Waals surface area contributed by atoms with E-state index in [4.69, 9.17) is 4.84 Å². The molecule has 0 atom stereocenters. The Bertz CT molecular complexity index is 967. The zero-order valence-corrected chi connectivity index (χ0v) is 17.6. The van der Waals surface area contributed by atoms with Gasteiger partial charge in [0.15, 0.2) is 0 Å². The van der Waals surface area contributed by atoms with E-state index in [-0.39, 0.29) is 6.03 Å². The number of carbonyl (C=O) groups excluding carboxylic acids is 1. The monoisotopic (exact) mass is 449 g/mol. The second-order valence-corrected chi connectivity index (χ2v) is 8.43. The first-order chi connectivity index (χ1) is 14.8. The van der Waals surface area contributed by atoms with Crippen LogP contribution in [0, 0.1) is 0 Å². The maximum Gasteiger partial charge on any atom is 0.416 e. The summed E-state index contributed by atoms with van der Waals surface area (Å²) in [6.07, 6.45) is 0.713. The van der Waals surface area contributed by atoms with E-state index in [0.29, 0.717) is 37.2 Å². The van der Waals surface area contributed by atoms with Crippen molar-refractivity contribution in [3.8, 4) is 0 Å². The van der Waals surface area contributed by atoms with Gasteiger partial charge >= 0.3 is 12.2 Å². The van der Waals surface area contributed by atoms with Gasteiger partial charge in [-0.15, -0.1) is 11.8 Å². The van der Waals surface area contributed by atoms with Crippen LogP contribution in [0.5, 0.6) is 0 Å². The average molecular weight is 449 g/mol. The number of rotatable bonds is 3. The van der Waals surface area contributed by atoms with Crippen molar-refractivity contribution in [2.45, 2.75) is 29.5 Å². The van der Waals surface area contributed by atoms with Gasteiger partial charge in [-0.05, 0) is 54.3 Å². The fourth-order valence-electron chi connectivity index (χ4n) is 3.67. The van der Waals surface area contributed by atoms with E-state index in [1.54, 1.807) is 16.7 Å². The minimum absolute atomic E-state index is 0.162. The Morgan fingerprint density at radius 3 is 2.32 bits per heavy atom. The zero-order valence-electron chi connectivity index (χ0n) is 16.8. The summed E-state index contributed by atoms with van der Waals surface area (Å²) in [7, 11) is 0. The first-order valence-corrected chi connectivity index (χ1v) is 11.0. The molecule has 1 spiro atoms. The molecule has 4 rings (SSSR count). The Hall–Kier alpha value is -2.65. The average Bonchev–Trinajstić information content (AvgIpc) is 3.17. The summed E-state index contributed by atoms with van der Waals surface area (Å²) in [5, 5.41) is 2.91. The molecule has 2 aliphatic heterocycles. The number of urea groups is 1. The van der Waals surface area contributed by atoms with E-state index in [0.717, 1.165) is 22.7 Å². The number of likely N-dealkylation sites (tertiary alicyclic amines) is 1. The number of piperidine rings is 1. The molecule has 2 aromatic rings. The van der Waals surface area contributed by atoms with Crippen molar-refractivity contribution in [2.75, 3.05) is 24.7 Å². The van der Waals surface area contributed by atoms with Crippen molar-refractivity contribution < 1.29 is 22.8 Å². The summed E-state index contributed by atoms with van der Waals surface area (Å²) in [5.41, 5.74) is 3.59. The fourth-order valence-corrected chi connectivity index (χ4v) is 4.08. The summed E-state index contributed by atoms with van der Waals surface area (Å²) in [6, 6.07) is 12.5. The molecule has 0 radical (unpaired) electrons. The van der Waals surface area contributed by atoms with Crippen molar-refractivity contribution in [3.05, 3.63) is 65.7 Å². The zero-order chi connectivity index (χ0) is 22.1. The number of amides is 2. The standard InChI is InChI=1S/C22H22F3N3O2S/c1-31-18-8-6-17(7-9-18)26-20(29)28-12-10-21(11-13-28)14-19(27-30-21)15-2-4-16(5-3-15)22(23,24)25/h2-9,14,27H,10-13H2,1H3,(H,26,29). The van der Waals surface area contributed by atoms with Gasteiger partial charge < -0.3 is 10.2 Å². The highest BCUT2D eigenvalue weighted by atomic mass is 32.2. The van der Waals surface area contributed by atoms with Crippen LogP contribution < -0.4 is 10.8 Å². The van der Waals surface area contributed by atoms with Gasteiger partial charge in [-0.2, -0.15) is 13.2 Å². The van der Waals surface area contributed by atoms with Gasteiger partial charge in [0.1, 0.15) is 5.60 Å². The van der Waals surface area contributed by atoms with Crippen LogP contribution in [-0.2, 0) is 11.0 Å². The van der Waals surface area contributed by atoms with Gasteiger partial charge in [-0.3, -0.25) is 10.3 Å². The van der Waals surface area contributed by atoms with Gasteiger partial charge in [-0.25, -0.2) is 4.79 Å². The molecular formula is C22H22F3N3O2S. The molecule has 1 fully saturated rings. The fraction of sp³-hybridized carbons (Fsp3) is 0.318. The number of nitrogens with one attached hydrogen (secondary N) is 2. The van der Waals surface area contributed by atoms with E-state index >= 15 is 0 Å². The topological polar surface area (TPSA) is 53.6 Å². The number of hydrogen-bond acceptors (Lipinski definition) is 4. The summed E-state index contributed by atoms with van der Waals surface area (Å²) < 4.78 is 38.3. The molecule has 0 unspecified atom stereocenters. The van der Waals surface area contributed by atoms with Gasteiger partial charge in [0.2, 0.25) is 0 Å². The Kier molecular flexibility index (Phi) is 5.90. The number of anilines is 1. The van der Waals surface area contributed by atoms with E-state index < -0.39 is 17.3 Å². The van der Waals surface area contributed by atoms with Crippen LogP contribution in [-0.4, -0.2) is 35.9 Å². The molecule has 0 bridgehead atoms. The first-order valence-electron chi connectivity index (χ1n) is 9.82. The summed E-state index contributed by atoms with van der Waals surface area (Å²) in [6.45, 7) is 1.01. The third-order valence-corrected chi connectivity index (χ3v) is 6.28. The third-order valence-electron chi connectivity index (χ3n) is 5.53. The molecular weight excluding hydrogens is 427 g/mol. The van der Waals surface area contributed by atoms with Crippen molar-refractivity contribution in [1.29, 1.82) is 0 Å². The highest BCUT2D eigenvalue weighted by Crippen LogP contribution is 2.36. The lowest BCUT2D eigenvalue weighted by atomic mass is 9.90. The van der Waals surface area contributed by atoms with Gasteiger partial charge in [0.25, 0.3) is 0 Å². The molecule has 0 aromatic heterocycles. The Labute approximate surface area is 182 Å². The van der Waals surface area contributed by atoms with Crippen molar-refractivity contribution in [3.63, 3.8) is 0 Å². The third kappa shape index (κ3) is 4.83. The molecule has 2 amide bonds. The molecule has 2 aliphatic rings. The van der Waals surface area contributed by atoms with Crippen LogP contribution in [0.1, 0.15) is 24.0 Å². The van der Waals surface area contributed by atoms with E-state index in [2.05, 4.69) is 10.8 Å². The number of hydroxylamine groups is 1. The lowest BCUT2D eigenvalue weighted by molar-refractivity contribution is -0.137. The first kappa shape index (κ1) is 21.6. The summed E-state index contributed by atoms with van der Waals surface area (Å²) in [5.74, 6) is 0. The second kappa shape index (κ2) is 8.47. The molecule has 2 aromatic carbocycles. The molecule has 164 valence electrons. The molecule has 0 saturated carbocycles. The quantitative estimate of drug-likeness (QED) is 0.619. The lowest BCUT2D eigenvalue weighted by Crippen LogP contribution is -2.48. The molecule has 9 heteroatoms. The number of carbonyl (C=O) groups is 1. The molecule has 1 saturated heterocycles. The number of thioether (sulfide) groups is 1. The van der Waals surface area contributed by atoms with Crippen LogP contribution in [0.25, 0.3) is 5.70 Å². The maximum atomic E-state index is 12.8. The number of alkyl halides is 3. The molecule has 0 aliphatic carbocycles. The van der Waals surface area contributed by atoms with Crippen LogP contribution in [0.2, 0.25) is 0 Å². The van der Waals surface area contributed by atoms with Crippen LogP contribution in [0.3, 0.4) is 0 Å². The maximum absolute atomic E-state index is 12.8. The normalized spacial score (nSPS) is 17.9. The Morgan fingerprint density at radius 1 is 1.10 bits per heavy atom. The van der Waals surface area contributed by atoms with Gasteiger partial charge in [0, 0.05) is 36.5 Å². The summed E-state index contributed by atoms with van der Waals surface area (Å²) in [4.78, 5) is 21.2. The minimum Gasteiger partial charge on any atom is -0.324 e. The molecule has 31 heavy (non-hydrogen) atoms. The predicted octanol–water partition coefficient (Wildman–Crippen LogP) is 5.37. The van der Waals surface area contributed by atoms with Gasteiger partial charge in [0.05, 0.1) is 11.3 Å².